The van der Waals surface area contributed by atoms with Crippen LogP contribution in [-0.2, 0) is 11.3 Å². The normalized spacial score (nSPS) is 17.8. The van der Waals surface area contributed by atoms with Gasteiger partial charge in [-0.1, -0.05) is 24.0 Å². The number of hydrogen-bond donors (Lipinski definition) is 1. The predicted molar refractivity (Wildman–Crippen MR) is 86.0 cm³/mol. The number of hydrogen-bond acceptors (Lipinski definition) is 6. The van der Waals surface area contributed by atoms with Crippen molar-refractivity contribution in [1.29, 1.82) is 0 Å². The number of carbonyl (C=O) groups excluding carboxylic acids is 1. The van der Waals surface area contributed by atoms with Gasteiger partial charge in [0.05, 0.1) is 9.78 Å². The van der Waals surface area contributed by atoms with Crippen molar-refractivity contribution in [3.63, 3.8) is 0 Å². The zero-order valence-corrected chi connectivity index (χ0v) is 13.6. The molecule has 1 aliphatic heterocycles. The molecule has 0 saturated carbocycles. The molecule has 0 unspecified atom stereocenters. The second kappa shape index (κ2) is 5.74. The maximum atomic E-state index is 12.1. The van der Waals surface area contributed by atoms with Crippen LogP contribution in [0.15, 0.2) is 4.91 Å². The van der Waals surface area contributed by atoms with Crippen molar-refractivity contribution < 1.29 is 9.90 Å². The number of aromatic hydroxyl groups is 1. The van der Waals surface area contributed by atoms with Crippen molar-refractivity contribution in [1.82, 2.24) is 9.47 Å². The molecule has 2 heterocycles. The first kappa shape index (κ1) is 14.7. The van der Waals surface area contributed by atoms with Gasteiger partial charge in [-0.3, -0.25) is 14.3 Å². The lowest BCUT2D eigenvalue weighted by atomic mass is 10.4. The number of carbonyl (C=O) groups is 1. The summed E-state index contributed by atoms with van der Waals surface area (Å²) in [5, 5.41) is 10.0. The molecule has 4 nitrogen and oxygen atoms in total. The van der Waals surface area contributed by atoms with E-state index in [4.69, 9.17) is 24.4 Å². The average Bonchev–Trinajstić information content (AvgIpc) is 2.78. The van der Waals surface area contributed by atoms with E-state index in [0.29, 0.717) is 31.1 Å². The summed E-state index contributed by atoms with van der Waals surface area (Å²) in [4.78, 5) is 14.7. The second-order valence-electron chi connectivity index (χ2n) is 3.73. The minimum atomic E-state index is -0.112. The molecule has 1 N–H and O–H groups in total. The molecule has 8 heteroatoms. The summed E-state index contributed by atoms with van der Waals surface area (Å²) in [6.07, 6.45) is 1.66. The molecule has 0 bridgehead atoms. The van der Waals surface area contributed by atoms with Crippen LogP contribution in [-0.4, -0.2) is 31.3 Å². The van der Waals surface area contributed by atoms with Gasteiger partial charge in [0.1, 0.15) is 4.32 Å². The molecule has 0 radical (unpaired) electrons. The highest BCUT2D eigenvalue weighted by atomic mass is 32.2. The van der Waals surface area contributed by atoms with Crippen LogP contribution in [0.2, 0.25) is 0 Å². The number of likely N-dealkylation sites (N-methyl/N-ethyl adjacent to an activating group) is 1. The fourth-order valence-electron chi connectivity index (χ4n) is 1.68. The van der Waals surface area contributed by atoms with Gasteiger partial charge in [0.25, 0.3) is 5.91 Å². The van der Waals surface area contributed by atoms with Crippen molar-refractivity contribution in [2.75, 3.05) is 6.54 Å². The van der Waals surface area contributed by atoms with Gasteiger partial charge in [0, 0.05) is 13.1 Å². The van der Waals surface area contributed by atoms with Gasteiger partial charge in [-0.05, 0) is 32.1 Å². The molecule has 0 spiro atoms. The summed E-state index contributed by atoms with van der Waals surface area (Å²) in [7, 11) is 0. The predicted octanol–water partition coefficient (Wildman–Crippen LogP) is 3.23. The summed E-state index contributed by atoms with van der Waals surface area (Å²) in [5.74, 6) is -0.00136. The van der Waals surface area contributed by atoms with Crippen molar-refractivity contribution >= 4 is 63.8 Å². The van der Waals surface area contributed by atoms with Gasteiger partial charge in [0.2, 0.25) is 5.88 Å². The first-order valence-electron chi connectivity index (χ1n) is 5.67. The number of thiazole rings is 1. The van der Waals surface area contributed by atoms with E-state index in [2.05, 4.69) is 0 Å². The monoisotopic (exact) mass is 332 g/mol. The molecule has 0 aliphatic carbocycles. The molecule has 1 aromatic heterocycles. The molecule has 2 rings (SSSR count). The molecule has 102 valence electrons. The highest BCUT2D eigenvalue weighted by molar-refractivity contribution is 8.26. The quantitative estimate of drug-likeness (QED) is 0.680. The number of nitrogens with zero attached hydrogens (tertiary/aromatic N) is 2. The Morgan fingerprint density at radius 3 is 2.47 bits per heavy atom. The van der Waals surface area contributed by atoms with Gasteiger partial charge in [0.15, 0.2) is 3.95 Å². The van der Waals surface area contributed by atoms with Gasteiger partial charge in [-0.15, -0.1) is 11.3 Å². The summed E-state index contributed by atoms with van der Waals surface area (Å²) in [5.41, 5.74) is 0. The molecule has 0 aromatic carbocycles. The number of rotatable bonds is 3. The van der Waals surface area contributed by atoms with Crippen LogP contribution < -0.4 is 0 Å². The Morgan fingerprint density at radius 1 is 1.32 bits per heavy atom. The number of amides is 1. The topological polar surface area (TPSA) is 45.5 Å². The largest absolute Gasteiger partial charge is 0.493 e. The Kier molecular flexibility index (Phi) is 4.44. The van der Waals surface area contributed by atoms with Crippen LogP contribution in [0.25, 0.3) is 6.08 Å². The lowest BCUT2D eigenvalue weighted by molar-refractivity contribution is -0.121. The first-order valence-corrected chi connectivity index (χ1v) is 8.12. The SMILES string of the molecule is CCN1C(=O)C(=Cc2sc(=S)n(CC)c2O)SC1=S. The standard InChI is InChI=1S/C11H12N2O2S4/c1-3-12-8(14)6(18-10(12)16)5-7-9(15)13(4-2)11(17)19-7/h5,14H,3-4H2,1-2H3. The van der Waals surface area contributed by atoms with Gasteiger partial charge >= 0.3 is 0 Å². The maximum absolute atomic E-state index is 12.1. The van der Waals surface area contributed by atoms with Gasteiger partial charge in [-0.25, -0.2) is 0 Å². The summed E-state index contributed by atoms with van der Waals surface area (Å²) in [6, 6.07) is 0. The Hall–Kier alpha value is -0.700. The van der Waals surface area contributed by atoms with Crippen molar-refractivity contribution in [3.8, 4) is 5.88 Å². The summed E-state index contributed by atoms with van der Waals surface area (Å²) in [6.45, 7) is 4.94. The Labute approximate surface area is 129 Å². The summed E-state index contributed by atoms with van der Waals surface area (Å²) < 4.78 is 2.78. The Morgan fingerprint density at radius 2 is 2.00 bits per heavy atom. The smallest absolute Gasteiger partial charge is 0.266 e. The zero-order chi connectivity index (χ0) is 14.2. The van der Waals surface area contributed by atoms with E-state index < -0.39 is 0 Å². The molecular formula is C11H12N2O2S4. The number of thiocarbonyl (C=S) groups is 1. The van der Waals surface area contributed by atoms with Crippen LogP contribution in [0.3, 0.4) is 0 Å². The lowest BCUT2D eigenvalue weighted by Gasteiger charge is -2.09. The third kappa shape index (κ3) is 2.62. The van der Waals surface area contributed by atoms with Crippen molar-refractivity contribution in [2.24, 2.45) is 0 Å². The molecule has 1 amide bonds. The van der Waals surface area contributed by atoms with Crippen LogP contribution >= 0.6 is 47.5 Å². The maximum Gasteiger partial charge on any atom is 0.266 e. The molecule has 19 heavy (non-hydrogen) atoms. The van der Waals surface area contributed by atoms with Crippen LogP contribution in [0.4, 0.5) is 0 Å². The third-order valence-electron chi connectivity index (χ3n) is 2.66. The van der Waals surface area contributed by atoms with E-state index in [0.717, 1.165) is 0 Å². The van der Waals surface area contributed by atoms with Crippen molar-refractivity contribution in [2.45, 2.75) is 20.4 Å². The molecule has 1 fully saturated rings. The molecule has 1 aliphatic rings. The number of thioether (sulfide) groups is 1. The van der Waals surface area contributed by atoms with Crippen molar-refractivity contribution in [3.05, 3.63) is 13.7 Å². The molecule has 0 atom stereocenters. The number of aromatic nitrogens is 1. The fraction of sp³-hybridized carbons (Fsp3) is 0.364. The van der Waals surface area contributed by atoms with E-state index in [1.807, 2.05) is 13.8 Å². The minimum absolute atomic E-state index is 0.110. The Balaban J connectivity index is 2.41. The average molecular weight is 332 g/mol. The highest BCUT2D eigenvalue weighted by Gasteiger charge is 2.31. The van der Waals surface area contributed by atoms with Crippen LogP contribution in [0.1, 0.15) is 18.7 Å². The lowest BCUT2D eigenvalue weighted by Crippen LogP contribution is -2.27. The van der Waals surface area contributed by atoms with E-state index in [9.17, 15) is 9.90 Å². The first-order chi connectivity index (χ1) is 8.99. The molecular weight excluding hydrogens is 320 g/mol. The second-order valence-corrected chi connectivity index (χ2v) is 7.08. The van der Waals surface area contributed by atoms with E-state index in [1.165, 1.54) is 23.1 Å². The van der Waals surface area contributed by atoms with Gasteiger partial charge < -0.3 is 5.11 Å². The van der Waals surface area contributed by atoms with E-state index >= 15 is 0 Å². The van der Waals surface area contributed by atoms with E-state index in [-0.39, 0.29) is 11.8 Å². The summed E-state index contributed by atoms with van der Waals surface area (Å²) >= 11 is 12.8. The fourth-order valence-corrected chi connectivity index (χ4v) is 4.50. The van der Waals surface area contributed by atoms with E-state index in [1.54, 1.807) is 15.5 Å². The van der Waals surface area contributed by atoms with Crippen LogP contribution in [0.5, 0.6) is 5.88 Å². The molecule has 1 saturated heterocycles. The minimum Gasteiger partial charge on any atom is -0.493 e. The highest BCUT2D eigenvalue weighted by Crippen LogP contribution is 2.36. The van der Waals surface area contributed by atoms with Crippen LogP contribution in [0, 0.1) is 3.95 Å². The Bertz CT molecular complexity index is 629. The molecule has 1 aromatic rings. The third-order valence-corrected chi connectivity index (χ3v) is 5.43. The zero-order valence-electron chi connectivity index (χ0n) is 10.4. The van der Waals surface area contributed by atoms with Gasteiger partial charge in [-0.2, -0.15) is 0 Å².